The van der Waals surface area contributed by atoms with Crippen LogP contribution in [0.4, 0.5) is 0 Å². The van der Waals surface area contributed by atoms with Crippen LogP contribution in [0.25, 0.3) is 0 Å². The molecule has 0 saturated carbocycles. The van der Waals surface area contributed by atoms with Gasteiger partial charge in [-0.05, 0) is 25.2 Å². The average Bonchev–Trinajstić information content (AvgIpc) is 2.38. The Hall–Kier alpha value is -0.0800. The Bertz CT molecular complexity index is 159. The van der Waals surface area contributed by atoms with Crippen molar-refractivity contribution >= 4 is 0 Å². The van der Waals surface area contributed by atoms with Gasteiger partial charge in [-0.25, -0.2) is 0 Å². The van der Waals surface area contributed by atoms with E-state index in [0.717, 1.165) is 32.1 Å². The third kappa shape index (κ3) is 9.90. The molecule has 0 bridgehead atoms. The fourth-order valence-electron chi connectivity index (χ4n) is 2.54. The van der Waals surface area contributed by atoms with Crippen LogP contribution in [0.5, 0.6) is 0 Å². The van der Waals surface area contributed by atoms with E-state index in [1.165, 1.54) is 38.5 Å². The zero-order valence-electron chi connectivity index (χ0n) is 12.5. The van der Waals surface area contributed by atoms with Gasteiger partial charge in [0, 0.05) is 6.61 Å². The molecule has 0 amide bonds. The lowest BCUT2D eigenvalue weighted by Crippen LogP contribution is -2.19. The quantitative estimate of drug-likeness (QED) is 0.484. The molecule has 0 spiro atoms. The summed E-state index contributed by atoms with van der Waals surface area (Å²) in [6.45, 7) is 4.73. The van der Waals surface area contributed by atoms with Gasteiger partial charge >= 0.3 is 0 Å². The molecule has 18 heavy (non-hydrogen) atoms. The minimum absolute atomic E-state index is 0.0843. The molecule has 2 atom stereocenters. The van der Waals surface area contributed by atoms with Gasteiger partial charge in [0.25, 0.3) is 0 Å². The number of unbranched alkanes of at least 4 members (excludes halogenated alkanes) is 6. The Labute approximate surface area is 114 Å². The zero-order valence-corrected chi connectivity index (χ0v) is 12.5. The summed E-state index contributed by atoms with van der Waals surface area (Å²) in [6.07, 6.45) is 12.6. The molecule has 0 aromatic rings. The molecule has 0 fully saturated rings. The SMILES string of the molecule is CCCCC(CC)C(O)CCCCCCCCO. The van der Waals surface area contributed by atoms with E-state index >= 15 is 0 Å². The Morgan fingerprint density at radius 1 is 0.778 bits per heavy atom. The first kappa shape index (κ1) is 17.9. The van der Waals surface area contributed by atoms with Crippen LogP contribution < -0.4 is 0 Å². The minimum Gasteiger partial charge on any atom is -0.396 e. The molecule has 2 nitrogen and oxygen atoms in total. The molecule has 0 heterocycles. The number of hydrogen-bond donors (Lipinski definition) is 2. The second kappa shape index (κ2) is 13.4. The Balaban J connectivity index is 3.46. The van der Waals surface area contributed by atoms with Crippen molar-refractivity contribution in [3.63, 3.8) is 0 Å². The summed E-state index contributed by atoms with van der Waals surface area (Å²) in [5, 5.41) is 18.8. The van der Waals surface area contributed by atoms with Crippen molar-refractivity contribution in [2.75, 3.05) is 6.61 Å². The van der Waals surface area contributed by atoms with E-state index in [9.17, 15) is 5.11 Å². The Morgan fingerprint density at radius 2 is 1.39 bits per heavy atom. The highest BCUT2D eigenvalue weighted by molar-refractivity contribution is 4.67. The van der Waals surface area contributed by atoms with Crippen molar-refractivity contribution in [1.29, 1.82) is 0 Å². The first-order valence-corrected chi connectivity index (χ1v) is 8.05. The molecule has 0 rings (SSSR count). The van der Waals surface area contributed by atoms with Gasteiger partial charge in [0.15, 0.2) is 0 Å². The summed E-state index contributed by atoms with van der Waals surface area (Å²) in [4.78, 5) is 0. The predicted molar refractivity (Wildman–Crippen MR) is 78.7 cm³/mol. The molecule has 2 N–H and O–H groups in total. The lowest BCUT2D eigenvalue weighted by molar-refractivity contribution is 0.0875. The van der Waals surface area contributed by atoms with Crippen LogP contribution in [0.1, 0.15) is 84.5 Å². The maximum Gasteiger partial charge on any atom is 0.0568 e. The maximum atomic E-state index is 10.1. The lowest BCUT2D eigenvalue weighted by atomic mass is 9.90. The standard InChI is InChI=1S/C16H34O2/c1-3-5-12-15(4-2)16(18)13-10-8-6-7-9-11-14-17/h15-18H,3-14H2,1-2H3. The Kier molecular flexibility index (Phi) is 13.3. The smallest absolute Gasteiger partial charge is 0.0568 e. The molecule has 2 unspecified atom stereocenters. The van der Waals surface area contributed by atoms with Gasteiger partial charge in [0.1, 0.15) is 0 Å². The highest BCUT2D eigenvalue weighted by Gasteiger charge is 2.15. The molecule has 0 aliphatic rings. The molecule has 0 aliphatic heterocycles. The van der Waals surface area contributed by atoms with Gasteiger partial charge in [0.2, 0.25) is 0 Å². The molecule has 110 valence electrons. The average molecular weight is 258 g/mol. The fourth-order valence-corrected chi connectivity index (χ4v) is 2.54. The number of aliphatic hydroxyl groups excluding tert-OH is 2. The van der Waals surface area contributed by atoms with Crippen LogP contribution in [0.3, 0.4) is 0 Å². The lowest BCUT2D eigenvalue weighted by Gasteiger charge is -2.21. The van der Waals surface area contributed by atoms with E-state index in [1.54, 1.807) is 0 Å². The highest BCUT2D eigenvalue weighted by Crippen LogP contribution is 2.21. The first-order chi connectivity index (χ1) is 8.76. The van der Waals surface area contributed by atoms with Crippen molar-refractivity contribution in [3.8, 4) is 0 Å². The van der Waals surface area contributed by atoms with Crippen molar-refractivity contribution in [2.24, 2.45) is 5.92 Å². The molecule has 0 saturated heterocycles. The van der Waals surface area contributed by atoms with Gasteiger partial charge in [-0.1, -0.05) is 65.2 Å². The van der Waals surface area contributed by atoms with E-state index in [4.69, 9.17) is 5.11 Å². The van der Waals surface area contributed by atoms with Gasteiger partial charge in [0.05, 0.1) is 6.10 Å². The summed E-state index contributed by atoms with van der Waals surface area (Å²) in [6, 6.07) is 0. The monoisotopic (exact) mass is 258 g/mol. The van der Waals surface area contributed by atoms with Crippen molar-refractivity contribution in [1.82, 2.24) is 0 Å². The van der Waals surface area contributed by atoms with E-state index in [0.29, 0.717) is 12.5 Å². The molecular weight excluding hydrogens is 224 g/mol. The Morgan fingerprint density at radius 3 is 1.94 bits per heavy atom. The van der Waals surface area contributed by atoms with Crippen molar-refractivity contribution in [2.45, 2.75) is 90.6 Å². The van der Waals surface area contributed by atoms with Gasteiger partial charge in [-0.3, -0.25) is 0 Å². The highest BCUT2D eigenvalue weighted by atomic mass is 16.3. The molecular formula is C16H34O2. The predicted octanol–water partition coefficient (Wildman–Crippen LogP) is 4.29. The molecule has 0 aromatic carbocycles. The van der Waals surface area contributed by atoms with Gasteiger partial charge in [-0.15, -0.1) is 0 Å². The molecule has 0 aliphatic carbocycles. The van der Waals surface area contributed by atoms with E-state index < -0.39 is 0 Å². The van der Waals surface area contributed by atoms with E-state index in [1.807, 2.05) is 0 Å². The van der Waals surface area contributed by atoms with Crippen LogP contribution >= 0.6 is 0 Å². The van der Waals surface area contributed by atoms with Crippen molar-refractivity contribution in [3.05, 3.63) is 0 Å². The van der Waals surface area contributed by atoms with Crippen LogP contribution in [0.15, 0.2) is 0 Å². The number of aliphatic hydroxyl groups is 2. The minimum atomic E-state index is -0.0843. The second-order valence-corrected chi connectivity index (χ2v) is 5.51. The first-order valence-electron chi connectivity index (χ1n) is 8.05. The van der Waals surface area contributed by atoms with Crippen molar-refractivity contribution < 1.29 is 10.2 Å². The topological polar surface area (TPSA) is 40.5 Å². The second-order valence-electron chi connectivity index (χ2n) is 5.51. The van der Waals surface area contributed by atoms with Crippen LogP contribution in [-0.4, -0.2) is 22.9 Å². The van der Waals surface area contributed by atoms with E-state index in [-0.39, 0.29) is 6.10 Å². The summed E-state index contributed by atoms with van der Waals surface area (Å²) in [5.41, 5.74) is 0. The maximum absolute atomic E-state index is 10.1. The summed E-state index contributed by atoms with van der Waals surface area (Å²) >= 11 is 0. The largest absolute Gasteiger partial charge is 0.396 e. The third-order valence-corrected chi connectivity index (χ3v) is 3.91. The van der Waals surface area contributed by atoms with Crippen LogP contribution in [0.2, 0.25) is 0 Å². The number of rotatable bonds is 13. The molecule has 2 heteroatoms. The summed E-state index contributed by atoms with van der Waals surface area (Å²) in [5.74, 6) is 0.513. The summed E-state index contributed by atoms with van der Waals surface area (Å²) < 4.78 is 0. The van der Waals surface area contributed by atoms with Gasteiger partial charge in [-0.2, -0.15) is 0 Å². The van der Waals surface area contributed by atoms with Crippen LogP contribution in [0, 0.1) is 5.92 Å². The van der Waals surface area contributed by atoms with Crippen LogP contribution in [-0.2, 0) is 0 Å². The zero-order chi connectivity index (χ0) is 13.6. The van der Waals surface area contributed by atoms with E-state index in [2.05, 4.69) is 13.8 Å². The normalized spacial score (nSPS) is 14.7. The molecule has 0 aromatic heterocycles. The number of hydrogen-bond acceptors (Lipinski definition) is 2. The summed E-state index contributed by atoms with van der Waals surface area (Å²) in [7, 11) is 0. The third-order valence-electron chi connectivity index (χ3n) is 3.91. The fraction of sp³-hybridized carbons (Fsp3) is 1.00. The molecule has 0 radical (unpaired) electrons. The van der Waals surface area contributed by atoms with Gasteiger partial charge < -0.3 is 10.2 Å².